The maximum absolute atomic E-state index is 12.9. The second kappa shape index (κ2) is 56.2. The van der Waals surface area contributed by atoms with E-state index in [0.29, 0.717) is 19.3 Å². The minimum atomic E-state index is -0.777. The van der Waals surface area contributed by atoms with Crippen molar-refractivity contribution < 1.29 is 28.6 Å². The molecule has 0 aliphatic heterocycles. The zero-order chi connectivity index (χ0) is 48.6. The highest BCUT2D eigenvalue weighted by Gasteiger charge is 2.19. The maximum atomic E-state index is 12.9. The van der Waals surface area contributed by atoms with Gasteiger partial charge in [-0.1, -0.05) is 276 Å². The van der Waals surface area contributed by atoms with Crippen molar-refractivity contribution in [3.63, 3.8) is 0 Å². The molecule has 0 N–H and O–H groups in total. The number of carbonyl (C=O) groups excluding carboxylic acids is 3. The average molecular weight is 942 g/mol. The monoisotopic (exact) mass is 941 g/mol. The quantitative estimate of drug-likeness (QED) is 0.0262. The van der Waals surface area contributed by atoms with Gasteiger partial charge in [0.2, 0.25) is 0 Å². The van der Waals surface area contributed by atoms with E-state index < -0.39 is 6.10 Å². The van der Waals surface area contributed by atoms with Crippen molar-refractivity contribution in [1.82, 2.24) is 0 Å². The van der Waals surface area contributed by atoms with Crippen molar-refractivity contribution in [2.75, 3.05) is 13.2 Å². The van der Waals surface area contributed by atoms with Crippen LogP contribution >= 0.6 is 0 Å². The lowest BCUT2D eigenvalue weighted by Gasteiger charge is -2.18. The van der Waals surface area contributed by atoms with Gasteiger partial charge < -0.3 is 14.2 Å². The van der Waals surface area contributed by atoms with Gasteiger partial charge >= 0.3 is 17.9 Å². The van der Waals surface area contributed by atoms with E-state index in [4.69, 9.17) is 14.2 Å². The molecule has 0 bridgehead atoms. The molecule has 6 heteroatoms. The Labute approximate surface area is 416 Å². The van der Waals surface area contributed by atoms with Crippen molar-refractivity contribution in [2.45, 2.75) is 322 Å². The molecule has 6 nitrogen and oxygen atoms in total. The number of ether oxygens (including phenoxy) is 3. The van der Waals surface area contributed by atoms with E-state index in [2.05, 4.69) is 57.2 Å². The molecule has 392 valence electrons. The van der Waals surface area contributed by atoms with Crippen LogP contribution in [0, 0.1) is 0 Å². The molecule has 1 atom stereocenters. The van der Waals surface area contributed by atoms with Crippen LogP contribution in [0.5, 0.6) is 0 Å². The van der Waals surface area contributed by atoms with Gasteiger partial charge in [0.1, 0.15) is 13.2 Å². The number of hydrogen-bond donors (Lipinski definition) is 0. The minimum Gasteiger partial charge on any atom is -0.462 e. The van der Waals surface area contributed by atoms with Gasteiger partial charge in [0.05, 0.1) is 0 Å². The Balaban J connectivity index is 4.37. The lowest BCUT2D eigenvalue weighted by atomic mass is 10.0. The summed E-state index contributed by atoms with van der Waals surface area (Å²) >= 11 is 0. The third-order valence-electron chi connectivity index (χ3n) is 13.1. The smallest absolute Gasteiger partial charge is 0.306 e. The molecule has 0 aliphatic carbocycles. The number of esters is 3. The van der Waals surface area contributed by atoms with Crippen LogP contribution in [0.3, 0.4) is 0 Å². The van der Waals surface area contributed by atoms with Gasteiger partial charge in [-0.15, -0.1) is 0 Å². The summed E-state index contributed by atoms with van der Waals surface area (Å²) in [6, 6.07) is 0. The summed E-state index contributed by atoms with van der Waals surface area (Å²) in [5.74, 6) is -0.876. The topological polar surface area (TPSA) is 78.9 Å². The van der Waals surface area contributed by atoms with Crippen molar-refractivity contribution >= 4 is 17.9 Å². The predicted molar refractivity (Wildman–Crippen MR) is 289 cm³/mol. The molecule has 67 heavy (non-hydrogen) atoms. The molecule has 0 aromatic heterocycles. The molecule has 0 saturated heterocycles. The maximum Gasteiger partial charge on any atom is 0.306 e. The fraction of sp³-hybridized carbons (Fsp3) is 0.852. The molecule has 0 spiro atoms. The molecule has 0 aromatic carbocycles. The van der Waals surface area contributed by atoms with Crippen LogP contribution in [-0.4, -0.2) is 37.2 Å². The van der Waals surface area contributed by atoms with Gasteiger partial charge in [-0.2, -0.15) is 0 Å². The third kappa shape index (κ3) is 54.4. The summed E-state index contributed by atoms with van der Waals surface area (Å²) in [6.07, 6.45) is 67.0. The van der Waals surface area contributed by atoms with Crippen molar-refractivity contribution in [3.8, 4) is 0 Å². The summed E-state index contributed by atoms with van der Waals surface area (Å²) in [5, 5.41) is 0. The van der Waals surface area contributed by atoms with Crippen molar-refractivity contribution in [3.05, 3.63) is 36.5 Å². The number of carbonyl (C=O) groups is 3. The number of rotatable bonds is 54. The zero-order valence-corrected chi connectivity index (χ0v) is 44.9. The SMILES string of the molecule is CCCCC/C=C\C/C=C\C/C=C\CCCCCCC(=O)OC[C@@H](COC(=O)CCCCCCCCCCCCCCCCC)OC(=O)CCCCCCCCCCCCCCCCCCC. The number of allylic oxidation sites excluding steroid dienone is 6. The first-order valence-electron chi connectivity index (χ1n) is 29.5. The highest BCUT2D eigenvalue weighted by Crippen LogP contribution is 2.17. The van der Waals surface area contributed by atoms with E-state index in [1.54, 1.807) is 0 Å². The van der Waals surface area contributed by atoms with E-state index in [9.17, 15) is 14.4 Å². The Morgan fingerprint density at radius 2 is 0.537 bits per heavy atom. The highest BCUT2D eigenvalue weighted by molar-refractivity contribution is 5.71. The minimum absolute atomic E-state index is 0.0743. The first-order valence-corrected chi connectivity index (χ1v) is 29.5. The molecule has 0 rings (SSSR count). The van der Waals surface area contributed by atoms with Crippen molar-refractivity contribution in [2.24, 2.45) is 0 Å². The van der Waals surface area contributed by atoms with Gasteiger partial charge in [-0.3, -0.25) is 14.4 Å². The fourth-order valence-corrected chi connectivity index (χ4v) is 8.69. The van der Waals surface area contributed by atoms with Crippen LogP contribution < -0.4 is 0 Å². The average Bonchev–Trinajstić information content (AvgIpc) is 3.33. The third-order valence-corrected chi connectivity index (χ3v) is 13.1. The molecule has 0 fully saturated rings. The Kier molecular flexibility index (Phi) is 54.2. The second-order valence-corrected chi connectivity index (χ2v) is 19.9. The van der Waals surface area contributed by atoms with Crippen LogP contribution in [0.25, 0.3) is 0 Å². The van der Waals surface area contributed by atoms with Gasteiger partial charge in [0.25, 0.3) is 0 Å². The fourth-order valence-electron chi connectivity index (χ4n) is 8.69. The zero-order valence-electron chi connectivity index (χ0n) is 44.9. The van der Waals surface area contributed by atoms with E-state index in [1.807, 2.05) is 0 Å². The molecule has 0 aliphatic rings. The van der Waals surface area contributed by atoms with Gasteiger partial charge in [0.15, 0.2) is 6.10 Å². The van der Waals surface area contributed by atoms with Crippen LogP contribution in [0.2, 0.25) is 0 Å². The van der Waals surface area contributed by atoms with Crippen LogP contribution in [-0.2, 0) is 28.6 Å². The molecule has 0 heterocycles. The van der Waals surface area contributed by atoms with E-state index >= 15 is 0 Å². The molecule has 0 saturated carbocycles. The molecular weight excluding hydrogens is 829 g/mol. The lowest BCUT2D eigenvalue weighted by Crippen LogP contribution is -2.30. The molecule has 0 unspecified atom stereocenters. The Morgan fingerprint density at radius 1 is 0.299 bits per heavy atom. The summed E-state index contributed by atoms with van der Waals surface area (Å²) in [7, 11) is 0. The molecule has 0 aromatic rings. The first kappa shape index (κ1) is 64.6. The summed E-state index contributed by atoms with van der Waals surface area (Å²) in [5.41, 5.74) is 0. The molecule has 0 radical (unpaired) electrons. The summed E-state index contributed by atoms with van der Waals surface area (Å²) < 4.78 is 16.9. The van der Waals surface area contributed by atoms with Crippen LogP contribution in [0.15, 0.2) is 36.5 Å². The Morgan fingerprint density at radius 3 is 0.866 bits per heavy atom. The van der Waals surface area contributed by atoms with Crippen LogP contribution in [0.1, 0.15) is 316 Å². The molecular formula is C61H112O6. The van der Waals surface area contributed by atoms with Crippen LogP contribution in [0.4, 0.5) is 0 Å². The lowest BCUT2D eigenvalue weighted by molar-refractivity contribution is -0.167. The molecule has 0 amide bonds. The second-order valence-electron chi connectivity index (χ2n) is 19.9. The predicted octanol–water partition coefficient (Wildman–Crippen LogP) is 19.7. The standard InChI is InChI=1S/C61H112O6/c1-4-7-10-13-16-19-22-25-28-30-33-36-39-42-45-48-51-54-60(63)66-57-58(56-65-59(62)53-50-47-44-41-38-35-32-27-24-21-18-15-12-9-6-3)67-61(64)55-52-49-46-43-40-37-34-31-29-26-23-20-17-14-11-8-5-2/h16,19,25,28,33,36,58H,4-15,17-18,20-24,26-27,29-32,34-35,37-57H2,1-3H3/b19-16-,28-25-,36-33-/t58-/m1/s1. The van der Waals surface area contributed by atoms with Gasteiger partial charge in [0, 0.05) is 19.3 Å². The number of hydrogen-bond acceptors (Lipinski definition) is 6. The van der Waals surface area contributed by atoms with E-state index in [0.717, 1.165) is 83.5 Å². The van der Waals surface area contributed by atoms with Gasteiger partial charge in [-0.25, -0.2) is 0 Å². The first-order chi connectivity index (χ1) is 33.0. The summed E-state index contributed by atoms with van der Waals surface area (Å²) in [4.78, 5) is 38.2. The van der Waals surface area contributed by atoms with E-state index in [1.165, 1.54) is 193 Å². The Hall–Kier alpha value is -2.37. The van der Waals surface area contributed by atoms with Crippen molar-refractivity contribution in [1.29, 1.82) is 0 Å². The Bertz CT molecular complexity index is 1130. The van der Waals surface area contributed by atoms with Gasteiger partial charge in [-0.05, 0) is 57.8 Å². The largest absolute Gasteiger partial charge is 0.462 e. The summed E-state index contributed by atoms with van der Waals surface area (Å²) in [6.45, 7) is 6.64. The highest BCUT2D eigenvalue weighted by atomic mass is 16.6. The normalized spacial score (nSPS) is 12.2. The van der Waals surface area contributed by atoms with E-state index in [-0.39, 0.29) is 31.1 Å². The number of unbranched alkanes of at least 4 members (excludes halogenated alkanes) is 37.